The van der Waals surface area contributed by atoms with Crippen molar-refractivity contribution in [3.8, 4) is 0 Å². The first-order valence-corrected chi connectivity index (χ1v) is 7.64. The van der Waals surface area contributed by atoms with Crippen LogP contribution >= 0.6 is 0 Å². The van der Waals surface area contributed by atoms with E-state index in [1.54, 1.807) is 0 Å². The second-order valence-corrected chi connectivity index (χ2v) is 5.99. The molecule has 0 unspecified atom stereocenters. The van der Waals surface area contributed by atoms with Gasteiger partial charge in [0.25, 0.3) is 0 Å². The average Bonchev–Trinajstić information content (AvgIpc) is 2.32. The first kappa shape index (κ1) is 16.4. The van der Waals surface area contributed by atoms with Crippen molar-refractivity contribution >= 4 is 5.97 Å². The lowest BCUT2D eigenvalue weighted by molar-refractivity contribution is -0.145. The highest BCUT2D eigenvalue weighted by Crippen LogP contribution is 2.26. The van der Waals surface area contributed by atoms with Crippen molar-refractivity contribution in [1.29, 1.82) is 0 Å². The number of rotatable bonds is 7. The third-order valence-electron chi connectivity index (χ3n) is 3.78. The molecule has 1 saturated heterocycles. The van der Waals surface area contributed by atoms with Gasteiger partial charge in [0.1, 0.15) is 0 Å². The minimum Gasteiger partial charge on any atom is -0.466 e. The molecule has 0 atom stereocenters. The van der Waals surface area contributed by atoms with Crippen LogP contribution in [0, 0.1) is 5.92 Å². The lowest BCUT2D eigenvalue weighted by Gasteiger charge is -2.42. The first-order chi connectivity index (χ1) is 9.01. The van der Waals surface area contributed by atoms with Crippen molar-refractivity contribution in [2.45, 2.75) is 52.5 Å². The van der Waals surface area contributed by atoms with Crippen LogP contribution in [0.15, 0.2) is 0 Å². The number of nitrogens with zero attached hydrogens (tertiary/aromatic N) is 1. The molecule has 1 aliphatic heterocycles. The summed E-state index contributed by atoms with van der Waals surface area (Å²) in [7, 11) is 0. The molecule has 0 aromatic rings. The maximum atomic E-state index is 11.8. The van der Waals surface area contributed by atoms with Gasteiger partial charge in [-0.05, 0) is 45.3 Å². The molecule has 0 aromatic heterocycles. The molecule has 0 saturated carbocycles. The van der Waals surface area contributed by atoms with Crippen LogP contribution in [0.4, 0.5) is 0 Å². The number of ether oxygens (including phenoxy) is 1. The Kier molecular flexibility index (Phi) is 6.80. The van der Waals surface area contributed by atoms with Crippen molar-refractivity contribution < 1.29 is 9.53 Å². The summed E-state index contributed by atoms with van der Waals surface area (Å²) in [5, 5.41) is 3.53. The van der Waals surface area contributed by atoms with Gasteiger partial charge in [0.05, 0.1) is 13.0 Å². The molecule has 0 bridgehead atoms. The van der Waals surface area contributed by atoms with Gasteiger partial charge in [-0.15, -0.1) is 0 Å². The van der Waals surface area contributed by atoms with Crippen LogP contribution in [0.2, 0.25) is 0 Å². The molecule has 0 aromatic carbocycles. The number of likely N-dealkylation sites (tertiary alicyclic amines) is 1. The van der Waals surface area contributed by atoms with Crippen LogP contribution in [0.25, 0.3) is 0 Å². The van der Waals surface area contributed by atoms with Gasteiger partial charge in [0, 0.05) is 12.1 Å². The molecule has 4 nitrogen and oxygen atoms in total. The van der Waals surface area contributed by atoms with Gasteiger partial charge >= 0.3 is 5.97 Å². The Hall–Kier alpha value is -0.610. The van der Waals surface area contributed by atoms with E-state index in [0.29, 0.717) is 18.9 Å². The van der Waals surface area contributed by atoms with E-state index in [1.807, 2.05) is 6.92 Å². The van der Waals surface area contributed by atoms with Crippen LogP contribution in [0.1, 0.15) is 47.0 Å². The minimum atomic E-state index is -0.0687. The third-order valence-corrected chi connectivity index (χ3v) is 3.78. The molecule has 1 fully saturated rings. The van der Waals surface area contributed by atoms with Crippen LogP contribution in [-0.4, -0.2) is 49.2 Å². The molecular weight excluding hydrogens is 240 g/mol. The highest BCUT2D eigenvalue weighted by molar-refractivity contribution is 5.71. The van der Waals surface area contributed by atoms with Gasteiger partial charge in [-0.2, -0.15) is 0 Å². The molecule has 1 N–H and O–H groups in total. The molecule has 1 rings (SSSR count). The fourth-order valence-electron chi connectivity index (χ4n) is 2.96. The van der Waals surface area contributed by atoms with Crippen LogP contribution in [-0.2, 0) is 9.53 Å². The van der Waals surface area contributed by atoms with Crippen molar-refractivity contribution in [3.63, 3.8) is 0 Å². The Morgan fingerprint density at radius 1 is 1.32 bits per heavy atom. The van der Waals surface area contributed by atoms with Crippen LogP contribution in [0.5, 0.6) is 0 Å². The van der Waals surface area contributed by atoms with Gasteiger partial charge in [0.15, 0.2) is 0 Å². The zero-order valence-corrected chi connectivity index (χ0v) is 13.0. The van der Waals surface area contributed by atoms with Gasteiger partial charge in [-0.3, -0.25) is 4.79 Å². The lowest BCUT2D eigenvalue weighted by atomic mass is 9.84. The summed E-state index contributed by atoms with van der Waals surface area (Å²) < 4.78 is 5.11. The van der Waals surface area contributed by atoms with Gasteiger partial charge in [0.2, 0.25) is 0 Å². The number of hydrogen-bond acceptors (Lipinski definition) is 4. The second-order valence-electron chi connectivity index (χ2n) is 5.99. The SMILES string of the molecule is CCNC1(CC(=O)OCC)CCN(CC(C)C)CC1. The number of esters is 1. The highest BCUT2D eigenvalue weighted by atomic mass is 16.5. The van der Waals surface area contributed by atoms with E-state index in [9.17, 15) is 4.79 Å². The summed E-state index contributed by atoms with van der Waals surface area (Å²) >= 11 is 0. The first-order valence-electron chi connectivity index (χ1n) is 7.64. The van der Waals surface area contributed by atoms with Crippen molar-refractivity contribution in [2.24, 2.45) is 5.92 Å². The molecule has 1 aliphatic rings. The molecule has 0 amide bonds. The standard InChI is InChI=1S/C15H30N2O2/c1-5-16-15(11-14(18)19-6-2)7-9-17(10-8-15)12-13(3)4/h13,16H,5-12H2,1-4H3. The number of carbonyl (C=O) groups excluding carboxylic acids is 1. The van der Waals surface area contributed by atoms with E-state index in [0.717, 1.165) is 39.0 Å². The lowest BCUT2D eigenvalue weighted by Crippen LogP contribution is -2.55. The van der Waals surface area contributed by atoms with Gasteiger partial charge in [-0.1, -0.05) is 20.8 Å². The largest absolute Gasteiger partial charge is 0.466 e. The molecule has 112 valence electrons. The minimum absolute atomic E-state index is 0.0471. The maximum absolute atomic E-state index is 11.8. The summed E-state index contributed by atoms with van der Waals surface area (Å²) in [6.07, 6.45) is 2.57. The van der Waals surface area contributed by atoms with Crippen molar-refractivity contribution in [3.05, 3.63) is 0 Å². The quantitative estimate of drug-likeness (QED) is 0.719. The Morgan fingerprint density at radius 2 is 1.95 bits per heavy atom. The normalized spacial score (nSPS) is 19.6. The summed E-state index contributed by atoms with van der Waals surface area (Å²) in [4.78, 5) is 14.3. The molecule has 0 radical (unpaired) electrons. The van der Waals surface area contributed by atoms with Crippen LogP contribution in [0.3, 0.4) is 0 Å². The predicted molar refractivity (Wildman–Crippen MR) is 78.2 cm³/mol. The molecule has 1 heterocycles. The zero-order chi connectivity index (χ0) is 14.3. The maximum Gasteiger partial charge on any atom is 0.307 e. The summed E-state index contributed by atoms with van der Waals surface area (Å²) in [5.74, 6) is 0.637. The highest BCUT2D eigenvalue weighted by Gasteiger charge is 2.36. The Bertz CT molecular complexity index is 271. The van der Waals surface area contributed by atoms with E-state index >= 15 is 0 Å². The molecule has 0 aliphatic carbocycles. The third kappa shape index (κ3) is 5.49. The van der Waals surface area contributed by atoms with E-state index in [1.165, 1.54) is 0 Å². The number of hydrogen-bond donors (Lipinski definition) is 1. The fraction of sp³-hybridized carbons (Fsp3) is 0.933. The summed E-state index contributed by atoms with van der Waals surface area (Å²) in [5.41, 5.74) is -0.0471. The van der Waals surface area contributed by atoms with Crippen molar-refractivity contribution in [1.82, 2.24) is 10.2 Å². The second kappa shape index (κ2) is 7.85. The number of carbonyl (C=O) groups is 1. The van der Waals surface area contributed by atoms with E-state index in [2.05, 4.69) is 31.0 Å². The smallest absolute Gasteiger partial charge is 0.307 e. The zero-order valence-electron chi connectivity index (χ0n) is 13.0. The molecule has 19 heavy (non-hydrogen) atoms. The molecule has 4 heteroatoms. The molecule has 0 spiro atoms. The molecular formula is C15H30N2O2. The number of piperidine rings is 1. The summed E-state index contributed by atoms with van der Waals surface area (Å²) in [6, 6.07) is 0. The van der Waals surface area contributed by atoms with Gasteiger partial charge < -0.3 is 15.0 Å². The summed E-state index contributed by atoms with van der Waals surface area (Å²) in [6.45, 7) is 13.2. The fourth-order valence-corrected chi connectivity index (χ4v) is 2.96. The van der Waals surface area contributed by atoms with Crippen molar-refractivity contribution in [2.75, 3.05) is 32.8 Å². The van der Waals surface area contributed by atoms with E-state index < -0.39 is 0 Å². The van der Waals surface area contributed by atoms with Gasteiger partial charge in [-0.25, -0.2) is 0 Å². The monoisotopic (exact) mass is 270 g/mol. The van der Waals surface area contributed by atoms with Crippen LogP contribution < -0.4 is 5.32 Å². The average molecular weight is 270 g/mol. The Morgan fingerprint density at radius 3 is 2.42 bits per heavy atom. The topological polar surface area (TPSA) is 41.6 Å². The number of nitrogens with one attached hydrogen (secondary N) is 1. The Labute approximate surface area is 117 Å². The predicted octanol–water partition coefficient (Wildman–Crippen LogP) is 2.04. The van der Waals surface area contributed by atoms with E-state index in [4.69, 9.17) is 4.74 Å². The Balaban J connectivity index is 2.53. The van der Waals surface area contributed by atoms with E-state index in [-0.39, 0.29) is 11.5 Å².